The first-order valence-corrected chi connectivity index (χ1v) is 11.5. The smallest absolute Gasteiger partial charge is 0.252 e. The maximum Gasteiger partial charge on any atom is 0.252 e. The second kappa shape index (κ2) is 7.11. The molecule has 1 aromatic carbocycles. The number of rotatable bonds is 2. The number of benzene rings is 1. The third-order valence-electron chi connectivity index (χ3n) is 5.56. The molecule has 2 unspecified atom stereocenters. The van der Waals surface area contributed by atoms with Gasteiger partial charge in [-0.25, -0.2) is 4.98 Å². The number of nitrogens with two attached hydrogens (primary N) is 1. The van der Waals surface area contributed by atoms with E-state index >= 15 is 0 Å². The SMILES string of the molecule is Cc1nc2ccc(C3=CC(=O)N4C=C(N5CCC(N)CC5)C=CC4P3)cc2s1. The van der Waals surface area contributed by atoms with Crippen LogP contribution in [-0.4, -0.2) is 45.6 Å². The number of piperidine rings is 1. The predicted octanol–water partition coefficient (Wildman–Crippen LogP) is 3.63. The number of amides is 1. The van der Waals surface area contributed by atoms with Crippen LogP contribution in [0.25, 0.3) is 15.5 Å². The topological polar surface area (TPSA) is 62.5 Å². The molecule has 5 nitrogen and oxygen atoms in total. The quantitative estimate of drug-likeness (QED) is 0.768. The Balaban J connectivity index is 1.40. The average Bonchev–Trinajstić information content (AvgIpc) is 3.07. The van der Waals surface area contributed by atoms with Gasteiger partial charge in [0.25, 0.3) is 5.91 Å². The van der Waals surface area contributed by atoms with E-state index in [2.05, 4.69) is 40.2 Å². The monoisotopic (exact) mass is 410 g/mol. The van der Waals surface area contributed by atoms with Gasteiger partial charge >= 0.3 is 0 Å². The molecule has 28 heavy (non-hydrogen) atoms. The zero-order valence-electron chi connectivity index (χ0n) is 15.8. The standard InChI is InChI=1S/C21H23N4OPS/c1-13-23-17-4-2-14(10-19(17)28-13)18-11-20(26)25-12-16(3-5-21(25)27-18)24-8-6-15(22)7-9-24/h2-5,10-12,15,21,27H,6-9,22H2,1H3. The third-order valence-corrected chi connectivity index (χ3v) is 8.00. The first-order chi connectivity index (χ1) is 13.6. The molecular weight excluding hydrogens is 387 g/mol. The van der Waals surface area contributed by atoms with Crippen molar-refractivity contribution in [3.63, 3.8) is 0 Å². The van der Waals surface area contributed by atoms with Crippen LogP contribution in [0.3, 0.4) is 0 Å². The number of aromatic nitrogens is 1. The van der Waals surface area contributed by atoms with Crippen molar-refractivity contribution in [2.24, 2.45) is 5.73 Å². The minimum Gasteiger partial charge on any atom is -0.370 e. The van der Waals surface area contributed by atoms with Crippen LogP contribution in [0.15, 0.2) is 48.3 Å². The zero-order valence-corrected chi connectivity index (χ0v) is 17.6. The van der Waals surface area contributed by atoms with Gasteiger partial charge in [-0.2, -0.15) is 0 Å². The lowest BCUT2D eigenvalue weighted by atomic mass is 10.1. The molecule has 4 heterocycles. The summed E-state index contributed by atoms with van der Waals surface area (Å²) in [6.45, 7) is 3.95. The van der Waals surface area contributed by atoms with Gasteiger partial charge in [-0.3, -0.25) is 4.79 Å². The highest BCUT2D eigenvalue weighted by atomic mass is 32.1. The zero-order chi connectivity index (χ0) is 19.3. The number of fused-ring (bicyclic) bond motifs is 2. The fourth-order valence-corrected chi connectivity index (χ4v) is 6.23. The Morgan fingerprint density at radius 2 is 2.11 bits per heavy atom. The molecule has 0 spiro atoms. The summed E-state index contributed by atoms with van der Waals surface area (Å²) in [7, 11) is 0.539. The molecular formula is C21H23N4OPS. The number of aryl methyl sites for hydroxylation is 1. The van der Waals surface area contributed by atoms with Crippen molar-refractivity contribution in [3.8, 4) is 0 Å². The molecule has 0 saturated carbocycles. The number of nitrogens with zero attached hydrogens (tertiary/aromatic N) is 3. The van der Waals surface area contributed by atoms with Gasteiger partial charge in [-0.1, -0.05) is 20.7 Å². The summed E-state index contributed by atoms with van der Waals surface area (Å²) in [5.41, 5.74) is 9.32. The van der Waals surface area contributed by atoms with E-state index in [4.69, 9.17) is 5.73 Å². The normalized spacial score (nSPS) is 23.9. The molecule has 144 valence electrons. The molecule has 1 fully saturated rings. The van der Waals surface area contributed by atoms with Gasteiger partial charge in [0, 0.05) is 31.4 Å². The number of thiazole rings is 1. The van der Waals surface area contributed by atoms with Crippen molar-refractivity contribution < 1.29 is 4.79 Å². The molecule has 0 radical (unpaired) electrons. The summed E-state index contributed by atoms with van der Waals surface area (Å²) in [5, 5.41) is 2.20. The molecule has 0 bridgehead atoms. The summed E-state index contributed by atoms with van der Waals surface area (Å²) >= 11 is 1.70. The van der Waals surface area contributed by atoms with Crippen molar-refractivity contribution in [1.29, 1.82) is 0 Å². The number of carbonyl (C=O) groups excluding carboxylic acids is 1. The summed E-state index contributed by atoms with van der Waals surface area (Å²) in [5.74, 6) is 0.178. The minimum absolute atomic E-state index is 0.0647. The second-order valence-corrected chi connectivity index (χ2v) is 10.2. The number of hydrogen-bond donors (Lipinski definition) is 1. The highest BCUT2D eigenvalue weighted by Crippen LogP contribution is 2.45. The molecule has 2 aromatic rings. The van der Waals surface area contributed by atoms with Crippen LogP contribution in [0.4, 0.5) is 0 Å². The lowest BCUT2D eigenvalue weighted by Gasteiger charge is -2.38. The van der Waals surface area contributed by atoms with Gasteiger partial charge in [-0.15, -0.1) is 11.3 Å². The molecule has 3 aliphatic heterocycles. The van der Waals surface area contributed by atoms with Crippen molar-refractivity contribution in [2.75, 3.05) is 13.1 Å². The number of allylic oxidation sites excluding steroid dienone is 1. The summed E-state index contributed by atoms with van der Waals surface area (Å²) < 4.78 is 1.18. The Labute approximate surface area is 170 Å². The molecule has 1 saturated heterocycles. The van der Waals surface area contributed by atoms with Crippen LogP contribution < -0.4 is 5.73 Å². The van der Waals surface area contributed by atoms with E-state index in [-0.39, 0.29) is 11.7 Å². The molecule has 3 aliphatic rings. The van der Waals surface area contributed by atoms with Crippen LogP contribution in [0.5, 0.6) is 0 Å². The van der Waals surface area contributed by atoms with Gasteiger partial charge in [0.2, 0.25) is 0 Å². The van der Waals surface area contributed by atoms with Crippen molar-refractivity contribution in [3.05, 3.63) is 58.9 Å². The molecule has 2 atom stereocenters. The number of likely N-dealkylation sites (tertiary alicyclic amines) is 1. The minimum atomic E-state index is 0.0647. The molecule has 2 N–H and O–H groups in total. The first-order valence-electron chi connectivity index (χ1n) is 9.65. The maximum atomic E-state index is 12.9. The van der Waals surface area contributed by atoms with E-state index in [1.807, 2.05) is 24.1 Å². The molecule has 7 heteroatoms. The Morgan fingerprint density at radius 1 is 1.29 bits per heavy atom. The number of carbonyl (C=O) groups is 1. The summed E-state index contributed by atoms with van der Waals surface area (Å²) in [6, 6.07) is 6.63. The Bertz CT molecular complexity index is 1030. The van der Waals surface area contributed by atoms with E-state index in [0.717, 1.165) is 53.0 Å². The average molecular weight is 410 g/mol. The summed E-state index contributed by atoms with van der Waals surface area (Å²) in [6.07, 6.45) is 10.2. The van der Waals surface area contributed by atoms with Crippen LogP contribution >= 0.6 is 19.9 Å². The van der Waals surface area contributed by atoms with Gasteiger partial charge in [0.1, 0.15) is 0 Å². The van der Waals surface area contributed by atoms with Gasteiger partial charge in [-0.05, 0) is 48.9 Å². The fourth-order valence-electron chi connectivity index (χ4n) is 3.98. The van der Waals surface area contributed by atoms with Crippen LogP contribution in [-0.2, 0) is 4.79 Å². The van der Waals surface area contributed by atoms with Gasteiger partial charge < -0.3 is 15.5 Å². The van der Waals surface area contributed by atoms with Gasteiger partial charge in [0.05, 0.1) is 26.7 Å². The molecule has 5 rings (SSSR count). The largest absolute Gasteiger partial charge is 0.370 e. The highest BCUT2D eigenvalue weighted by molar-refractivity contribution is 7.51. The lowest BCUT2D eigenvalue weighted by Crippen LogP contribution is -2.42. The van der Waals surface area contributed by atoms with Crippen LogP contribution in [0.2, 0.25) is 0 Å². The van der Waals surface area contributed by atoms with Gasteiger partial charge in [0.15, 0.2) is 0 Å². The molecule has 0 aliphatic carbocycles. The number of hydrogen-bond acceptors (Lipinski definition) is 5. The Kier molecular flexibility index (Phi) is 4.58. The fraction of sp³-hybridized carbons (Fsp3) is 0.333. The molecule has 1 amide bonds. The first kappa shape index (κ1) is 18.0. The predicted molar refractivity (Wildman–Crippen MR) is 117 cm³/mol. The lowest BCUT2D eigenvalue weighted by molar-refractivity contribution is -0.123. The highest BCUT2D eigenvalue weighted by Gasteiger charge is 2.30. The van der Waals surface area contributed by atoms with E-state index < -0.39 is 0 Å². The maximum absolute atomic E-state index is 12.9. The van der Waals surface area contributed by atoms with Crippen molar-refractivity contribution in [2.45, 2.75) is 31.6 Å². The summed E-state index contributed by atoms with van der Waals surface area (Å²) in [4.78, 5) is 21.6. The van der Waals surface area contributed by atoms with E-state index in [1.54, 1.807) is 11.3 Å². The van der Waals surface area contributed by atoms with E-state index in [1.165, 1.54) is 4.70 Å². The van der Waals surface area contributed by atoms with Crippen molar-refractivity contribution in [1.82, 2.24) is 14.8 Å². The van der Waals surface area contributed by atoms with Crippen molar-refractivity contribution >= 4 is 41.4 Å². The van der Waals surface area contributed by atoms with E-state index in [0.29, 0.717) is 14.6 Å². The van der Waals surface area contributed by atoms with E-state index in [9.17, 15) is 4.79 Å². The Hall–Kier alpha value is -2.01. The second-order valence-electron chi connectivity index (χ2n) is 7.55. The van der Waals surface area contributed by atoms with Crippen LogP contribution in [0, 0.1) is 6.92 Å². The third kappa shape index (κ3) is 3.30. The Morgan fingerprint density at radius 3 is 2.93 bits per heavy atom. The van der Waals surface area contributed by atoms with Crippen LogP contribution in [0.1, 0.15) is 23.4 Å². The molecule has 1 aromatic heterocycles.